The molecule has 0 heteroatoms. The Bertz CT molecular complexity index is 186. The summed E-state index contributed by atoms with van der Waals surface area (Å²) in [5.41, 5.74) is 0.802. The lowest BCUT2D eigenvalue weighted by Gasteiger charge is -2.40. The van der Waals surface area contributed by atoms with Crippen LogP contribution in [0.5, 0.6) is 0 Å². The Kier molecular flexibility index (Phi) is 3.74. The normalized spacial score (nSPS) is 42.8. The van der Waals surface area contributed by atoms with Gasteiger partial charge in [0.15, 0.2) is 0 Å². The number of hydrogen-bond acceptors (Lipinski definition) is 0. The average molecular weight is 208 g/mol. The van der Waals surface area contributed by atoms with E-state index in [0.29, 0.717) is 0 Å². The van der Waals surface area contributed by atoms with E-state index >= 15 is 0 Å². The van der Waals surface area contributed by atoms with Crippen LogP contribution in [-0.4, -0.2) is 0 Å². The van der Waals surface area contributed by atoms with Crippen molar-refractivity contribution in [3.8, 4) is 0 Å². The highest BCUT2D eigenvalue weighted by Crippen LogP contribution is 2.49. The molecule has 0 aliphatic heterocycles. The molecule has 15 heavy (non-hydrogen) atoms. The van der Waals surface area contributed by atoms with E-state index in [1.54, 1.807) is 25.7 Å². The van der Waals surface area contributed by atoms with Gasteiger partial charge in [0, 0.05) is 0 Å². The Labute approximate surface area is 95.8 Å². The van der Waals surface area contributed by atoms with E-state index in [-0.39, 0.29) is 0 Å². The largest absolute Gasteiger partial charge is 0.0651 e. The Hall–Kier alpha value is 0. The molecule has 0 radical (unpaired) electrons. The van der Waals surface area contributed by atoms with Crippen LogP contribution in [0.1, 0.15) is 78.1 Å². The summed E-state index contributed by atoms with van der Waals surface area (Å²) in [5.74, 6) is 2.07. The second-order valence-electron chi connectivity index (χ2n) is 6.39. The first-order valence-corrected chi connectivity index (χ1v) is 7.24. The Morgan fingerprint density at radius 2 is 1.60 bits per heavy atom. The lowest BCUT2D eigenvalue weighted by Crippen LogP contribution is -2.26. The number of hydrogen-bond donors (Lipinski definition) is 0. The van der Waals surface area contributed by atoms with Crippen LogP contribution in [0.25, 0.3) is 0 Å². The average Bonchev–Trinajstić information content (AvgIpc) is 2.44. The molecule has 0 amide bonds. The third kappa shape index (κ3) is 2.77. The van der Waals surface area contributed by atoms with Crippen LogP contribution in [0.4, 0.5) is 0 Å². The second kappa shape index (κ2) is 4.89. The molecular weight excluding hydrogens is 180 g/mol. The highest BCUT2D eigenvalue weighted by atomic mass is 14.4. The van der Waals surface area contributed by atoms with Crippen LogP contribution in [0, 0.1) is 17.3 Å². The van der Waals surface area contributed by atoms with Crippen molar-refractivity contribution >= 4 is 0 Å². The molecule has 2 fully saturated rings. The Balaban J connectivity index is 1.90. The fraction of sp³-hybridized carbons (Fsp3) is 1.00. The molecule has 1 atom stereocenters. The topological polar surface area (TPSA) is 0 Å². The summed E-state index contributed by atoms with van der Waals surface area (Å²) in [5, 5.41) is 0. The van der Waals surface area contributed by atoms with E-state index in [9.17, 15) is 0 Å². The van der Waals surface area contributed by atoms with Gasteiger partial charge in [0.25, 0.3) is 0 Å². The van der Waals surface area contributed by atoms with E-state index < -0.39 is 0 Å². The lowest BCUT2D eigenvalue weighted by molar-refractivity contribution is 0.123. The molecule has 0 heterocycles. The zero-order valence-corrected chi connectivity index (χ0v) is 10.7. The maximum absolute atomic E-state index is 2.46. The van der Waals surface area contributed by atoms with E-state index in [1.807, 2.05) is 0 Å². The van der Waals surface area contributed by atoms with Gasteiger partial charge in [0.2, 0.25) is 0 Å². The molecule has 1 unspecified atom stereocenters. The highest BCUT2D eigenvalue weighted by Gasteiger charge is 2.35. The molecule has 2 saturated carbocycles. The quantitative estimate of drug-likeness (QED) is 0.557. The monoisotopic (exact) mass is 208 g/mol. The first-order chi connectivity index (χ1) is 7.24. The van der Waals surface area contributed by atoms with Gasteiger partial charge in [-0.3, -0.25) is 0 Å². The minimum atomic E-state index is 0.802. The molecule has 0 aromatic heterocycles. The maximum Gasteiger partial charge on any atom is -0.0297 e. The van der Waals surface area contributed by atoms with Crippen LogP contribution in [0.3, 0.4) is 0 Å². The summed E-state index contributed by atoms with van der Waals surface area (Å²) >= 11 is 0. The van der Waals surface area contributed by atoms with E-state index in [0.717, 1.165) is 17.3 Å². The molecule has 2 aliphatic carbocycles. The molecule has 0 aromatic rings. The van der Waals surface area contributed by atoms with Gasteiger partial charge in [-0.2, -0.15) is 0 Å². The smallest absolute Gasteiger partial charge is 0.0297 e. The Morgan fingerprint density at radius 3 is 2.27 bits per heavy atom. The summed E-state index contributed by atoms with van der Waals surface area (Å²) in [6, 6.07) is 0. The summed E-state index contributed by atoms with van der Waals surface area (Å²) in [6.45, 7) is 4.83. The molecular formula is C15H28. The van der Waals surface area contributed by atoms with Gasteiger partial charge >= 0.3 is 0 Å². The van der Waals surface area contributed by atoms with E-state index in [4.69, 9.17) is 0 Å². The first-order valence-electron chi connectivity index (χ1n) is 7.24. The molecule has 88 valence electrons. The Morgan fingerprint density at radius 1 is 0.933 bits per heavy atom. The van der Waals surface area contributed by atoms with Gasteiger partial charge in [0.05, 0.1) is 0 Å². The van der Waals surface area contributed by atoms with Crippen molar-refractivity contribution in [2.75, 3.05) is 0 Å². The van der Waals surface area contributed by atoms with Gasteiger partial charge in [-0.25, -0.2) is 0 Å². The predicted molar refractivity (Wildman–Crippen MR) is 66.9 cm³/mol. The van der Waals surface area contributed by atoms with Gasteiger partial charge in [-0.05, 0) is 55.8 Å². The molecule has 2 rings (SSSR count). The highest BCUT2D eigenvalue weighted by molar-refractivity contribution is 4.87. The summed E-state index contributed by atoms with van der Waals surface area (Å²) in [7, 11) is 0. The fourth-order valence-electron chi connectivity index (χ4n) is 3.85. The fourth-order valence-corrected chi connectivity index (χ4v) is 3.85. The van der Waals surface area contributed by atoms with Gasteiger partial charge in [0.1, 0.15) is 0 Å². The van der Waals surface area contributed by atoms with Crippen molar-refractivity contribution in [3.05, 3.63) is 0 Å². The zero-order chi connectivity index (χ0) is 10.7. The summed E-state index contributed by atoms with van der Waals surface area (Å²) < 4.78 is 0. The molecule has 1 spiro atoms. The molecule has 2 aliphatic rings. The minimum absolute atomic E-state index is 0.802. The van der Waals surface area contributed by atoms with Crippen LogP contribution in [0.2, 0.25) is 0 Å². The number of rotatable bonds is 1. The van der Waals surface area contributed by atoms with Crippen LogP contribution < -0.4 is 0 Å². The van der Waals surface area contributed by atoms with E-state index in [2.05, 4.69) is 13.8 Å². The van der Waals surface area contributed by atoms with Crippen LogP contribution in [0.15, 0.2) is 0 Å². The molecule has 0 bridgehead atoms. The predicted octanol–water partition coefficient (Wildman–Crippen LogP) is 5.17. The van der Waals surface area contributed by atoms with Crippen molar-refractivity contribution in [1.82, 2.24) is 0 Å². The molecule has 0 aromatic carbocycles. The molecule has 0 N–H and O–H groups in total. The minimum Gasteiger partial charge on any atom is -0.0651 e. The second-order valence-corrected chi connectivity index (χ2v) is 6.39. The van der Waals surface area contributed by atoms with Crippen molar-refractivity contribution in [2.24, 2.45) is 17.3 Å². The lowest BCUT2D eigenvalue weighted by atomic mass is 9.66. The van der Waals surface area contributed by atoms with Gasteiger partial charge in [-0.1, -0.05) is 39.5 Å². The summed E-state index contributed by atoms with van der Waals surface area (Å²) in [4.78, 5) is 0. The first kappa shape index (κ1) is 11.5. The summed E-state index contributed by atoms with van der Waals surface area (Å²) in [6.07, 6.45) is 15.2. The third-order valence-electron chi connectivity index (χ3n) is 5.31. The van der Waals surface area contributed by atoms with Crippen molar-refractivity contribution in [2.45, 2.75) is 78.1 Å². The zero-order valence-electron chi connectivity index (χ0n) is 10.7. The molecule has 0 saturated heterocycles. The van der Waals surface area contributed by atoms with Gasteiger partial charge in [-0.15, -0.1) is 0 Å². The van der Waals surface area contributed by atoms with Crippen molar-refractivity contribution < 1.29 is 0 Å². The third-order valence-corrected chi connectivity index (χ3v) is 5.31. The SMILES string of the molecule is CCC1CCC2(CCCC(C)CC2)CC1. The van der Waals surface area contributed by atoms with Crippen molar-refractivity contribution in [3.63, 3.8) is 0 Å². The van der Waals surface area contributed by atoms with Crippen molar-refractivity contribution in [1.29, 1.82) is 0 Å². The molecule has 0 nitrogen and oxygen atoms in total. The van der Waals surface area contributed by atoms with Crippen LogP contribution >= 0.6 is 0 Å². The van der Waals surface area contributed by atoms with Crippen LogP contribution in [-0.2, 0) is 0 Å². The standard InChI is InChI=1S/C15H28/c1-3-14-7-11-15(12-8-14)9-4-5-13(2)6-10-15/h13-14H,3-12H2,1-2H3. The maximum atomic E-state index is 2.46. The van der Waals surface area contributed by atoms with Gasteiger partial charge < -0.3 is 0 Å². The van der Waals surface area contributed by atoms with E-state index in [1.165, 1.54) is 38.5 Å².